The SMILES string of the molecule is CC(C)NC(=O)NC1C(=O)N2C(C(=O)O)=C(CSC3=NCCS3)CS[C@@H]12. The Balaban J connectivity index is 1.69. The lowest BCUT2D eigenvalue weighted by Gasteiger charge is -2.49. The van der Waals surface area contributed by atoms with Crippen LogP contribution < -0.4 is 10.6 Å². The van der Waals surface area contributed by atoms with E-state index in [0.29, 0.717) is 11.5 Å². The topological polar surface area (TPSA) is 111 Å². The fraction of sp³-hybridized carbons (Fsp3) is 0.600. The van der Waals surface area contributed by atoms with E-state index >= 15 is 0 Å². The second kappa shape index (κ2) is 8.13. The monoisotopic (exact) mass is 416 g/mol. The highest BCUT2D eigenvalue weighted by Crippen LogP contribution is 2.41. The zero-order valence-corrected chi connectivity index (χ0v) is 16.8. The molecule has 1 saturated heterocycles. The maximum atomic E-state index is 12.5. The van der Waals surface area contributed by atoms with Crippen molar-refractivity contribution in [2.24, 2.45) is 4.99 Å². The van der Waals surface area contributed by atoms with Crippen LogP contribution in [0.15, 0.2) is 16.3 Å². The van der Waals surface area contributed by atoms with Crippen molar-refractivity contribution in [3.63, 3.8) is 0 Å². The summed E-state index contributed by atoms with van der Waals surface area (Å²) in [5.74, 6) is 0.493. The quantitative estimate of drug-likeness (QED) is 0.577. The summed E-state index contributed by atoms with van der Waals surface area (Å²) >= 11 is 4.67. The summed E-state index contributed by atoms with van der Waals surface area (Å²) in [6, 6.07) is -1.16. The highest BCUT2D eigenvalue weighted by atomic mass is 32.2. The van der Waals surface area contributed by atoms with Gasteiger partial charge in [-0.25, -0.2) is 9.59 Å². The molecular formula is C15H20N4O4S3. The Morgan fingerprint density at radius 3 is 2.85 bits per heavy atom. The van der Waals surface area contributed by atoms with Gasteiger partial charge in [-0.15, -0.1) is 11.8 Å². The predicted octanol–water partition coefficient (Wildman–Crippen LogP) is 1.15. The molecule has 11 heteroatoms. The second-order valence-electron chi connectivity index (χ2n) is 6.20. The number of carbonyl (C=O) groups excluding carboxylic acids is 2. The van der Waals surface area contributed by atoms with Gasteiger partial charge in [0.1, 0.15) is 21.5 Å². The van der Waals surface area contributed by atoms with Crippen LogP contribution in [0.3, 0.4) is 0 Å². The number of carboxylic acid groups (broad SMARTS) is 1. The molecule has 26 heavy (non-hydrogen) atoms. The van der Waals surface area contributed by atoms with Crippen LogP contribution in [0.4, 0.5) is 4.79 Å². The van der Waals surface area contributed by atoms with Gasteiger partial charge in [0.25, 0.3) is 5.91 Å². The minimum atomic E-state index is -1.11. The van der Waals surface area contributed by atoms with E-state index in [1.165, 1.54) is 28.4 Å². The van der Waals surface area contributed by atoms with E-state index in [-0.39, 0.29) is 23.0 Å². The fourth-order valence-electron chi connectivity index (χ4n) is 2.79. The van der Waals surface area contributed by atoms with Crippen molar-refractivity contribution in [3.8, 4) is 0 Å². The Morgan fingerprint density at radius 2 is 2.23 bits per heavy atom. The molecule has 0 spiro atoms. The predicted molar refractivity (Wildman–Crippen MR) is 106 cm³/mol. The number of rotatable bonds is 5. The second-order valence-corrected chi connectivity index (χ2v) is 9.61. The number of aliphatic carboxylic acids is 1. The smallest absolute Gasteiger partial charge is 0.352 e. The molecular weight excluding hydrogens is 396 g/mol. The van der Waals surface area contributed by atoms with Crippen LogP contribution in [0.1, 0.15) is 13.8 Å². The van der Waals surface area contributed by atoms with Gasteiger partial charge in [-0.3, -0.25) is 14.7 Å². The Hall–Kier alpha value is -1.33. The van der Waals surface area contributed by atoms with E-state index in [2.05, 4.69) is 15.6 Å². The van der Waals surface area contributed by atoms with Crippen molar-refractivity contribution in [2.45, 2.75) is 31.3 Å². The van der Waals surface area contributed by atoms with Gasteiger partial charge in [-0.2, -0.15) is 0 Å². The molecule has 1 fully saturated rings. The minimum Gasteiger partial charge on any atom is -0.477 e. The first-order valence-corrected chi connectivity index (χ1v) is 11.2. The first-order chi connectivity index (χ1) is 12.4. The molecule has 3 rings (SSSR count). The summed E-state index contributed by atoms with van der Waals surface area (Å²) in [4.78, 5) is 41.8. The number of aliphatic imine (C=N–C) groups is 1. The Morgan fingerprint density at radius 1 is 1.46 bits per heavy atom. The zero-order valence-electron chi connectivity index (χ0n) is 14.4. The number of fused-ring (bicyclic) bond motifs is 1. The van der Waals surface area contributed by atoms with Gasteiger partial charge in [0, 0.05) is 23.3 Å². The van der Waals surface area contributed by atoms with Gasteiger partial charge in [-0.1, -0.05) is 23.5 Å². The van der Waals surface area contributed by atoms with Gasteiger partial charge in [0.2, 0.25) is 0 Å². The molecule has 0 saturated carbocycles. The van der Waals surface area contributed by atoms with Crippen LogP contribution in [-0.2, 0) is 9.59 Å². The number of nitrogens with zero attached hydrogens (tertiary/aromatic N) is 2. The van der Waals surface area contributed by atoms with E-state index in [1.54, 1.807) is 11.8 Å². The van der Waals surface area contributed by atoms with E-state index in [0.717, 1.165) is 22.2 Å². The molecule has 2 atom stereocenters. The van der Waals surface area contributed by atoms with Gasteiger partial charge in [-0.05, 0) is 19.4 Å². The number of carboxylic acids is 1. The molecule has 0 radical (unpaired) electrons. The average Bonchev–Trinajstić information content (AvgIpc) is 3.09. The number of thioether (sulfide) groups is 3. The highest BCUT2D eigenvalue weighted by molar-refractivity contribution is 8.39. The fourth-order valence-corrected chi connectivity index (χ4v) is 6.29. The molecule has 3 aliphatic rings. The normalized spacial score (nSPS) is 25.0. The summed E-state index contributed by atoms with van der Waals surface area (Å²) in [5, 5.41) is 14.6. The molecule has 3 heterocycles. The van der Waals surface area contributed by atoms with Gasteiger partial charge < -0.3 is 15.7 Å². The molecule has 3 amide bonds. The van der Waals surface area contributed by atoms with E-state index in [1.807, 2.05) is 13.8 Å². The summed E-state index contributed by atoms with van der Waals surface area (Å²) < 4.78 is 0.967. The summed E-state index contributed by atoms with van der Waals surface area (Å²) in [6.07, 6.45) is 0. The lowest BCUT2D eigenvalue weighted by atomic mass is 10.0. The number of carbonyl (C=O) groups is 3. The Bertz CT molecular complexity index is 694. The molecule has 0 aromatic carbocycles. The molecule has 3 aliphatic heterocycles. The van der Waals surface area contributed by atoms with Crippen LogP contribution in [0.2, 0.25) is 0 Å². The minimum absolute atomic E-state index is 0.0465. The summed E-state index contributed by atoms with van der Waals surface area (Å²) in [7, 11) is 0. The number of urea groups is 1. The van der Waals surface area contributed by atoms with Crippen molar-refractivity contribution in [1.82, 2.24) is 15.5 Å². The van der Waals surface area contributed by atoms with Crippen LogP contribution in [0, 0.1) is 0 Å². The lowest BCUT2D eigenvalue weighted by Crippen LogP contribution is -2.71. The van der Waals surface area contributed by atoms with Crippen molar-refractivity contribution in [3.05, 3.63) is 11.3 Å². The molecule has 0 aliphatic carbocycles. The maximum Gasteiger partial charge on any atom is 0.352 e. The van der Waals surface area contributed by atoms with E-state index in [9.17, 15) is 19.5 Å². The Kier molecular flexibility index (Phi) is 6.08. The van der Waals surface area contributed by atoms with Crippen molar-refractivity contribution in [1.29, 1.82) is 0 Å². The molecule has 8 nitrogen and oxygen atoms in total. The molecule has 1 unspecified atom stereocenters. The number of amides is 3. The Labute approximate surface area is 164 Å². The van der Waals surface area contributed by atoms with Gasteiger partial charge in [0.05, 0.1) is 6.54 Å². The van der Waals surface area contributed by atoms with E-state index < -0.39 is 18.0 Å². The number of hydrogen-bond acceptors (Lipinski definition) is 7. The molecule has 142 valence electrons. The summed E-state index contributed by atoms with van der Waals surface area (Å²) in [5.41, 5.74) is 0.773. The standard InChI is InChI=1S/C15H20N4O4S3/c1-7(2)17-14(23)18-9-11(20)19-10(13(21)22)8(5-25-12(9)19)6-26-15-16-3-4-24-15/h7,9,12H,3-6H2,1-2H3,(H,21,22)(H2,17,18,23)/t9?,12-/m0/s1. The van der Waals surface area contributed by atoms with Gasteiger partial charge in [0.15, 0.2) is 0 Å². The van der Waals surface area contributed by atoms with Crippen LogP contribution >= 0.6 is 35.3 Å². The van der Waals surface area contributed by atoms with Crippen LogP contribution in [0.25, 0.3) is 0 Å². The number of hydrogen-bond donors (Lipinski definition) is 3. The summed E-state index contributed by atoms with van der Waals surface area (Å²) in [6.45, 7) is 4.45. The number of β-lactam (4-membered cyclic amide) rings is 1. The first-order valence-electron chi connectivity index (χ1n) is 8.15. The third-order valence-corrected chi connectivity index (χ3v) is 7.56. The largest absolute Gasteiger partial charge is 0.477 e. The zero-order chi connectivity index (χ0) is 18.8. The molecule has 0 aromatic rings. The first kappa shape index (κ1) is 19.4. The molecule has 0 aromatic heterocycles. The van der Waals surface area contributed by atoms with Crippen molar-refractivity contribution >= 4 is 57.6 Å². The van der Waals surface area contributed by atoms with Crippen molar-refractivity contribution < 1.29 is 19.5 Å². The third kappa shape index (κ3) is 3.99. The highest BCUT2D eigenvalue weighted by Gasteiger charge is 2.54. The van der Waals surface area contributed by atoms with Crippen molar-refractivity contribution in [2.75, 3.05) is 23.8 Å². The molecule has 0 bridgehead atoms. The van der Waals surface area contributed by atoms with E-state index in [4.69, 9.17) is 0 Å². The third-order valence-electron chi connectivity index (χ3n) is 3.88. The lowest BCUT2D eigenvalue weighted by molar-refractivity contribution is -0.148. The number of nitrogens with one attached hydrogen (secondary N) is 2. The average molecular weight is 417 g/mol. The van der Waals surface area contributed by atoms with Crippen LogP contribution in [0.5, 0.6) is 0 Å². The van der Waals surface area contributed by atoms with Gasteiger partial charge >= 0.3 is 12.0 Å². The maximum absolute atomic E-state index is 12.5. The molecule has 3 N–H and O–H groups in total. The van der Waals surface area contributed by atoms with Crippen LogP contribution in [-0.4, -0.2) is 73.6 Å².